The third-order valence-corrected chi connectivity index (χ3v) is 5.08. The van der Waals surface area contributed by atoms with Crippen LogP contribution in [0.25, 0.3) is 0 Å². The van der Waals surface area contributed by atoms with Gasteiger partial charge in [-0.2, -0.15) is 0 Å². The molecule has 0 saturated carbocycles. The minimum atomic E-state index is -0.167. The van der Waals surface area contributed by atoms with Gasteiger partial charge in [-0.1, -0.05) is 18.2 Å². The van der Waals surface area contributed by atoms with Gasteiger partial charge in [-0.15, -0.1) is 0 Å². The van der Waals surface area contributed by atoms with Crippen LogP contribution >= 0.6 is 0 Å². The van der Waals surface area contributed by atoms with Crippen molar-refractivity contribution in [2.75, 3.05) is 64.4 Å². The Morgan fingerprint density at radius 2 is 1.92 bits per heavy atom. The van der Waals surface area contributed by atoms with Gasteiger partial charge in [0.1, 0.15) is 0 Å². The molecule has 138 valence electrons. The van der Waals surface area contributed by atoms with Gasteiger partial charge in [0.15, 0.2) is 0 Å². The number of hydrogen-bond acceptors (Lipinski definition) is 5. The quantitative estimate of drug-likeness (QED) is 0.848. The van der Waals surface area contributed by atoms with Crippen molar-refractivity contribution in [1.29, 1.82) is 0 Å². The highest BCUT2D eigenvalue weighted by Gasteiger charge is 2.26. The number of nitrogens with zero attached hydrogens (tertiary/aromatic N) is 3. The first-order chi connectivity index (χ1) is 12.1. The summed E-state index contributed by atoms with van der Waals surface area (Å²) < 4.78 is 5.75. The first-order valence-electron chi connectivity index (χ1n) is 9.26. The number of carbonyl (C=O) groups is 1. The molecule has 0 unspecified atom stereocenters. The summed E-state index contributed by atoms with van der Waals surface area (Å²) in [6.07, 6.45) is 0.170. The summed E-state index contributed by atoms with van der Waals surface area (Å²) in [6, 6.07) is 10.2. The van der Waals surface area contributed by atoms with Gasteiger partial charge in [-0.3, -0.25) is 4.79 Å². The van der Waals surface area contributed by atoms with Crippen LogP contribution in [0.2, 0.25) is 0 Å². The van der Waals surface area contributed by atoms with Crippen molar-refractivity contribution < 1.29 is 9.53 Å². The van der Waals surface area contributed by atoms with Gasteiger partial charge in [0.25, 0.3) is 0 Å². The van der Waals surface area contributed by atoms with Crippen LogP contribution in [-0.4, -0.2) is 87.3 Å². The third-order valence-electron chi connectivity index (χ3n) is 5.08. The van der Waals surface area contributed by atoms with Gasteiger partial charge < -0.3 is 24.8 Å². The van der Waals surface area contributed by atoms with E-state index in [1.54, 1.807) is 0 Å². The topological polar surface area (TPSA) is 48.1 Å². The van der Waals surface area contributed by atoms with Gasteiger partial charge in [0.05, 0.1) is 18.8 Å². The Morgan fingerprint density at radius 3 is 2.60 bits per heavy atom. The zero-order chi connectivity index (χ0) is 17.6. The largest absolute Gasteiger partial charge is 0.374 e. The number of amides is 1. The molecule has 2 fully saturated rings. The lowest BCUT2D eigenvalue weighted by Crippen LogP contribution is -2.55. The molecule has 2 atom stereocenters. The van der Waals surface area contributed by atoms with Gasteiger partial charge in [-0.25, -0.2) is 0 Å². The Labute approximate surface area is 150 Å². The molecule has 25 heavy (non-hydrogen) atoms. The second-order valence-electron chi connectivity index (χ2n) is 7.03. The Bertz CT molecular complexity index is 546. The van der Waals surface area contributed by atoms with E-state index in [4.69, 9.17) is 4.74 Å². The Kier molecular flexibility index (Phi) is 6.29. The summed E-state index contributed by atoms with van der Waals surface area (Å²) in [5, 5.41) is 3.36. The normalized spacial score (nSPS) is 23.5. The Morgan fingerprint density at radius 1 is 1.20 bits per heavy atom. The van der Waals surface area contributed by atoms with Crippen LogP contribution in [0, 0.1) is 0 Å². The maximum Gasteiger partial charge on any atom is 0.239 e. The van der Waals surface area contributed by atoms with Crippen LogP contribution < -0.4 is 10.2 Å². The molecule has 2 aliphatic heterocycles. The fraction of sp³-hybridized carbons (Fsp3) is 0.632. The van der Waals surface area contributed by atoms with Crippen LogP contribution in [0.4, 0.5) is 5.69 Å². The maximum atomic E-state index is 12.7. The average Bonchev–Trinajstić information content (AvgIpc) is 2.66. The number of nitrogens with one attached hydrogen (secondary N) is 1. The van der Waals surface area contributed by atoms with E-state index >= 15 is 0 Å². The summed E-state index contributed by atoms with van der Waals surface area (Å²) in [6.45, 7) is 8.69. The Balaban J connectivity index is 1.42. The first-order valence-corrected chi connectivity index (χ1v) is 9.26. The molecule has 1 N–H and O–H groups in total. The molecule has 0 aromatic heterocycles. The molecular weight excluding hydrogens is 316 g/mol. The number of anilines is 1. The molecule has 0 aliphatic carbocycles. The lowest BCUT2D eigenvalue weighted by atomic mass is 10.2. The fourth-order valence-electron chi connectivity index (χ4n) is 3.48. The highest BCUT2D eigenvalue weighted by molar-refractivity contribution is 5.81. The molecule has 1 amide bonds. The van der Waals surface area contributed by atoms with E-state index < -0.39 is 0 Å². The van der Waals surface area contributed by atoms with Crippen molar-refractivity contribution in [3.8, 4) is 0 Å². The average molecular weight is 346 g/mol. The van der Waals surface area contributed by atoms with Crippen molar-refractivity contribution in [2.45, 2.75) is 19.1 Å². The zero-order valence-electron chi connectivity index (χ0n) is 15.4. The van der Waals surface area contributed by atoms with E-state index in [2.05, 4.69) is 46.4 Å². The number of likely N-dealkylation sites (N-methyl/N-ethyl adjacent to an activating group) is 1. The second-order valence-corrected chi connectivity index (χ2v) is 7.03. The predicted octanol–water partition coefficient (Wildman–Crippen LogP) is 0.644. The number of carbonyl (C=O) groups excluding carboxylic acids is 1. The fourth-order valence-corrected chi connectivity index (χ4v) is 3.48. The number of para-hydroxylation sites is 1. The highest BCUT2D eigenvalue weighted by Crippen LogP contribution is 2.16. The molecule has 3 rings (SSSR count). The van der Waals surface area contributed by atoms with Gasteiger partial charge >= 0.3 is 0 Å². The molecule has 1 aromatic rings. The molecule has 0 spiro atoms. The first kappa shape index (κ1) is 18.2. The monoisotopic (exact) mass is 346 g/mol. The highest BCUT2D eigenvalue weighted by atomic mass is 16.5. The van der Waals surface area contributed by atoms with Crippen molar-refractivity contribution >= 4 is 11.6 Å². The van der Waals surface area contributed by atoms with Crippen LogP contribution in [0.5, 0.6) is 0 Å². The van der Waals surface area contributed by atoms with Gasteiger partial charge in [-0.05, 0) is 26.1 Å². The molecule has 6 nitrogen and oxygen atoms in total. The smallest absolute Gasteiger partial charge is 0.239 e. The number of ether oxygens (including phenoxy) is 1. The standard InChI is InChI=1S/C19H30N4O2/c1-16(20-14-18-15-21(2)12-13-25-18)19(24)23-10-8-22(9-11-23)17-6-4-3-5-7-17/h3-7,16,18,20H,8-15H2,1-2H3/t16-,18+/m0/s1. The molecule has 1 aromatic carbocycles. The molecular formula is C19H30N4O2. The van der Waals surface area contributed by atoms with E-state index in [0.29, 0.717) is 0 Å². The van der Waals surface area contributed by atoms with Gasteiger partial charge in [0.2, 0.25) is 5.91 Å². The van der Waals surface area contributed by atoms with E-state index in [1.165, 1.54) is 5.69 Å². The minimum absolute atomic E-state index is 0.167. The van der Waals surface area contributed by atoms with Crippen molar-refractivity contribution in [3.05, 3.63) is 30.3 Å². The molecule has 2 aliphatic rings. The van der Waals surface area contributed by atoms with E-state index in [9.17, 15) is 4.79 Å². The molecule has 0 bridgehead atoms. The van der Waals surface area contributed by atoms with E-state index in [0.717, 1.165) is 52.4 Å². The number of piperazine rings is 1. The van der Waals surface area contributed by atoms with Crippen LogP contribution in [-0.2, 0) is 9.53 Å². The summed E-state index contributed by atoms with van der Waals surface area (Å²) in [4.78, 5) is 19.3. The van der Waals surface area contributed by atoms with E-state index in [-0.39, 0.29) is 18.1 Å². The minimum Gasteiger partial charge on any atom is -0.374 e. The number of rotatable bonds is 5. The third kappa shape index (κ3) is 4.93. The van der Waals surface area contributed by atoms with Gasteiger partial charge in [0, 0.05) is 51.5 Å². The lowest BCUT2D eigenvalue weighted by molar-refractivity contribution is -0.133. The van der Waals surface area contributed by atoms with Crippen LogP contribution in [0.3, 0.4) is 0 Å². The molecule has 2 saturated heterocycles. The Hall–Kier alpha value is -1.63. The SMILES string of the molecule is C[C@H](NC[C@@H]1CN(C)CCO1)C(=O)N1CCN(c2ccccc2)CC1. The van der Waals surface area contributed by atoms with Crippen molar-refractivity contribution in [3.63, 3.8) is 0 Å². The summed E-state index contributed by atoms with van der Waals surface area (Å²) in [5.74, 6) is 0.192. The summed E-state index contributed by atoms with van der Waals surface area (Å²) in [7, 11) is 2.11. The number of benzene rings is 1. The lowest BCUT2D eigenvalue weighted by Gasteiger charge is -2.37. The van der Waals surface area contributed by atoms with Crippen molar-refractivity contribution in [2.24, 2.45) is 0 Å². The van der Waals surface area contributed by atoms with Crippen molar-refractivity contribution in [1.82, 2.24) is 15.1 Å². The maximum absolute atomic E-state index is 12.7. The molecule has 6 heteroatoms. The van der Waals surface area contributed by atoms with Crippen LogP contribution in [0.15, 0.2) is 30.3 Å². The van der Waals surface area contributed by atoms with Crippen LogP contribution in [0.1, 0.15) is 6.92 Å². The summed E-state index contributed by atoms with van der Waals surface area (Å²) in [5.41, 5.74) is 1.24. The molecule has 2 heterocycles. The second kappa shape index (κ2) is 8.65. The molecule has 0 radical (unpaired) electrons. The zero-order valence-corrected chi connectivity index (χ0v) is 15.4. The number of morpholine rings is 1. The predicted molar refractivity (Wildman–Crippen MR) is 99.9 cm³/mol. The van der Waals surface area contributed by atoms with E-state index in [1.807, 2.05) is 17.9 Å². The number of hydrogen-bond donors (Lipinski definition) is 1. The summed E-state index contributed by atoms with van der Waals surface area (Å²) >= 11 is 0.